The molecule has 0 saturated carbocycles. The van der Waals surface area contributed by atoms with Gasteiger partial charge in [-0.2, -0.15) is 0 Å². The third-order valence-corrected chi connectivity index (χ3v) is 3.23. The Labute approximate surface area is 135 Å². The predicted octanol–water partition coefficient (Wildman–Crippen LogP) is 3.17. The highest BCUT2D eigenvalue weighted by atomic mass is 16.5. The molecule has 2 aromatic rings. The molecule has 0 spiro atoms. The van der Waals surface area contributed by atoms with Gasteiger partial charge in [-0.25, -0.2) is 4.98 Å². The number of benzene rings is 1. The fourth-order valence-corrected chi connectivity index (χ4v) is 2.01. The third-order valence-electron chi connectivity index (χ3n) is 3.23. The van der Waals surface area contributed by atoms with Crippen LogP contribution in [-0.4, -0.2) is 31.7 Å². The molecule has 6 nitrogen and oxygen atoms in total. The van der Waals surface area contributed by atoms with E-state index in [0.29, 0.717) is 22.9 Å². The first-order valence-corrected chi connectivity index (χ1v) is 7.41. The van der Waals surface area contributed by atoms with Crippen molar-refractivity contribution < 1.29 is 14.3 Å². The number of carbonyl (C=O) groups is 1. The highest BCUT2D eigenvalue weighted by Gasteiger charge is 2.11. The summed E-state index contributed by atoms with van der Waals surface area (Å²) in [6.45, 7) is 2.98. The molecule has 0 bridgehead atoms. The molecule has 2 rings (SSSR count). The largest absolute Gasteiger partial charge is 0.493 e. The molecule has 0 fully saturated rings. The zero-order valence-electron chi connectivity index (χ0n) is 13.6. The summed E-state index contributed by atoms with van der Waals surface area (Å²) < 4.78 is 10.4. The SMILES string of the molecule is CCCNc1ccc(NC(=O)c2ccc(OC)c(OC)c2)nc1. The molecule has 1 heterocycles. The number of methoxy groups -OCH3 is 2. The molecule has 0 atom stereocenters. The van der Waals surface area contributed by atoms with Gasteiger partial charge in [-0.3, -0.25) is 4.79 Å². The summed E-state index contributed by atoms with van der Waals surface area (Å²) in [7, 11) is 3.08. The second-order valence-electron chi connectivity index (χ2n) is 4.88. The zero-order chi connectivity index (χ0) is 16.7. The van der Waals surface area contributed by atoms with Gasteiger partial charge in [-0.15, -0.1) is 0 Å². The molecule has 2 N–H and O–H groups in total. The Bertz CT molecular complexity index is 657. The number of hydrogen-bond acceptors (Lipinski definition) is 5. The van der Waals surface area contributed by atoms with Gasteiger partial charge in [0.2, 0.25) is 0 Å². The summed E-state index contributed by atoms with van der Waals surface area (Å²) in [5.74, 6) is 1.32. The van der Waals surface area contributed by atoms with E-state index in [-0.39, 0.29) is 5.91 Å². The molecular formula is C17H21N3O3. The minimum atomic E-state index is -0.257. The van der Waals surface area contributed by atoms with Gasteiger partial charge in [-0.05, 0) is 36.8 Å². The van der Waals surface area contributed by atoms with Crippen LogP contribution in [0.25, 0.3) is 0 Å². The minimum Gasteiger partial charge on any atom is -0.493 e. The van der Waals surface area contributed by atoms with Crippen LogP contribution in [0.15, 0.2) is 36.5 Å². The van der Waals surface area contributed by atoms with Crippen LogP contribution < -0.4 is 20.1 Å². The quantitative estimate of drug-likeness (QED) is 0.821. The van der Waals surface area contributed by atoms with E-state index in [4.69, 9.17) is 9.47 Å². The lowest BCUT2D eigenvalue weighted by atomic mass is 10.2. The van der Waals surface area contributed by atoms with Gasteiger partial charge >= 0.3 is 0 Å². The average Bonchev–Trinajstić information content (AvgIpc) is 2.60. The molecule has 0 radical (unpaired) electrons. The number of nitrogens with one attached hydrogen (secondary N) is 2. The van der Waals surface area contributed by atoms with Crippen LogP contribution in [0.2, 0.25) is 0 Å². The number of carbonyl (C=O) groups excluding carboxylic acids is 1. The molecule has 1 aromatic carbocycles. The summed E-state index contributed by atoms with van der Waals surface area (Å²) in [5.41, 5.74) is 1.40. The molecule has 0 unspecified atom stereocenters. The van der Waals surface area contributed by atoms with Crippen molar-refractivity contribution in [2.75, 3.05) is 31.4 Å². The van der Waals surface area contributed by atoms with Gasteiger partial charge in [0, 0.05) is 12.1 Å². The molecule has 0 aliphatic carbocycles. The maximum Gasteiger partial charge on any atom is 0.256 e. The van der Waals surface area contributed by atoms with Crippen LogP contribution in [0.1, 0.15) is 23.7 Å². The lowest BCUT2D eigenvalue weighted by molar-refractivity contribution is 0.102. The van der Waals surface area contributed by atoms with Gasteiger partial charge in [0.25, 0.3) is 5.91 Å². The topological polar surface area (TPSA) is 72.5 Å². The summed E-state index contributed by atoms with van der Waals surface area (Å²) in [5, 5.41) is 5.98. The molecule has 0 aliphatic heterocycles. The van der Waals surface area contributed by atoms with Gasteiger partial charge in [0.15, 0.2) is 11.5 Å². The van der Waals surface area contributed by atoms with Crippen LogP contribution in [-0.2, 0) is 0 Å². The molecule has 6 heteroatoms. The highest BCUT2D eigenvalue weighted by Crippen LogP contribution is 2.27. The first-order chi connectivity index (χ1) is 11.2. The summed E-state index contributed by atoms with van der Waals surface area (Å²) in [4.78, 5) is 16.5. The van der Waals surface area contributed by atoms with Gasteiger partial charge in [0.1, 0.15) is 5.82 Å². The van der Waals surface area contributed by atoms with Crippen molar-refractivity contribution in [3.05, 3.63) is 42.1 Å². The van der Waals surface area contributed by atoms with E-state index >= 15 is 0 Å². The Kier molecular flexibility index (Phi) is 5.80. The number of aromatic nitrogens is 1. The summed E-state index contributed by atoms with van der Waals surface area (Å²) >= 11 is 0. The molecule has 0 saturated heterocycles. The van der Waals surface area contributed by atoms with Crippen molar-refractivity contribution in [2.24, 2.45) is 0 Å². The van der Waals surface area contributed by atoms with Crippen molar-refractivity contribution in [3.8, 4) is 11.5 Å². The van der Waals surface area contributed by atoms with Crippen LogP contribution >= 0.6 is 0 Å². The number of pyridine rings is 1. The zero-order valence-corrected chi connectivity index (χ0v) is 13.6. The fraction of sp³-hybridized carbons (Fsp3) is 0.294. The van der Waals surface area contributed by atoms with Crippen LogP contribution in [0.4, 0.5) is 11.5 Å². The van der Waals surface area contributed by atoms with Gasteiger partial charge in [0.05, 0.1) is 26.1 Å². The van der Waals surface area contributed by atoms with E-state index < -0.39 is 0 Å². The Morgan fingerprint density at radius 1 is 1.13 bits per heavy atom. The number of rotatable bonds is 7. The van der Waals surface area contributed by atoms with E-state index in [0.717, 1.165) is 18.7 Å². The molecule has 1 aromatic heterocycles. The van der Waals surface area contributed by atoms with Crippen LogP contribution in [0.3, 0.4) is 0 Å². The van der Waals surface area contributed by atoms with E-state index in [1.165, 1.54) is 7.11 Å². The number of nitrogens with zero attached hydrogens (tertiary/aromatic N) is 1. The molecule has 122 valence electrons. The molecular weight excluding hydrogens is 294 g/mol. The number of amides is 1. The van der Waals surface area contributed by atoms with E-state index in [2.05, 4.69) is 22.5 Å². The Morgan fingerprint density at radius 2 is 1.91 bits per heavy atom. The summed E-state index contributed by atoms with van der Waals surface area (Å²) in [6, 6.07) is 8.64. The monoisotopic (exact) mass is 315 g/mol. The van der Waals surface area contributed by atoms with E-state index in [9.17, 15) is 4.79 Å². The van der Waals surface area contributed by atoms with Gasteiger partial charge < -0.3 is 20.1 Å². The van der Waals surface area contributed by atoms with Crippen molar-refractivity contribution >= 4 is 17.4 Å². The van der Waals surface area contributed by atoms with Crippen LogP contribution in [0.5, 0.6) is 11.5 Å². The minimum absolute atomic E-state index is 0.257. The Balaban J connectivity index is 2.06. The highest BCUT2D eigenvalue weighted by molar-refractivity contribution is 6.04. The van der Waals surface area contributed by atoms with Crippen molar-refractivity contribution in [2.45, 2.75) is 13.3 Å². The molecule has 1 amide bonds. The summed E-state index contributed by atoms with van der Waals surface area (Å²) in [6.07, 6.45) is 2.73. The maximum atomic E-state index is 12.3. The molecule has 0 aliphatic rings. The number of ether oxygens (including phenoxy) is 2. The van der Waals surface area contributed by atoms with Crippen molar-refractivity contribution in [1.29, 1.82) is 0 Å². The Hall–Kier alpha value is -2.76. The normalized spacial score (nSPS) is 10.0. The third kappa shape index (κ3) is 4.35. The van der Waals surface area contributed by atoms with E-state index in [1.54, 1.807) is 37.6 Å². The van der Waals surface area contributed by atoms with Crippen molar-refractivity contribution in [1.82, 2.24) is 4.98 Å². The first-order valence-electron chi connectivity index (χ1n) is 7.41. The van der Waals surface area contributed by atoms with E-state index in [1.807, 2.05) is 6.07 Å². The lowest BCUT2D eigenvalue weighted by Crippen LogP contribution is -2.13. The smallest absolute Gasteiger partial charge is 0.256 e. The Morgan fingerprint density at radius 3 is 2.52 bits per heavy atom. The first kappa shape index (κ1) is 16.6. The lowest BCUT2D eigenvalue weighted by Gasteiger charge is -2.10. The number of hydrogen-bond donors (Lipinski definition) is 2. The maximum absolute atomic E-state index is 12.3. The number of anilines is 2. The fourth-order valence-electron chi connectivity index (χ4n) is 2.01. The van der Waals surface area contributed by atoms with Crippen LogP contribution in [0, 0.1) is 0 Å². The second-order valence-corrected chi connectivity index (χ2v) is 4.88. The molecule has 23 heavy (non-hydrogen) atoms. The standard InChI is InChI=1S/C17H21N3O3/c1-4-9-18-13-6-8-16(19-11-13)20-17(21)12-5-7-14(22-2)15(10-12)23-3/h5-8,10-11,18H,4,9H2,1-3H3,(H,19,20,21). The second kappa shape index (κ2) is 8.03. The van der Waals surface area contributed by atoms with Gasteiger partial charge in [-0.1, -0.05) is 6.92 Å². The average molecular weight is 315 g/mol. The predicted molar refractivity (Wildman–Crippen MR) is 90.5 cm³/mol. The van der Waals surface area contributed by atoms with Crippen molar-refractivity contribution in [3.63, 3.8) is 0 Å².